The lowest BCUT2D eigenvalue weighted by Crippen LogP contribution is -2.33. The molecule has 3 N–H and O–H groups in total. The molecule has 0 saturated carbocycles. The van der Waals surface area contributed by atoms with Gasteiger partial charge in [0.25, 0.3) is 0 Å². The molecule has 3 unspecified atom stereocenters. The van der Waals surface area contributed by atoms with Crippen LogP contribution < -0.4 is 11.1 Å². The number of hydrogen-bond acceptors (Lipinski definition) is 5. The van der Waals surface area contributed by atoms with Gasteiger partial charge in [-0.3, -0.25) is 9.98 Å². The maximum Gasteiger partial charge on any atom is 0.145 e. The zero-order valence-corrected chi connectivity index (χ0v) is 34.8. The summed E-state index contributed by atoms with van der Waals surface area (Å²) in [6.07, 6.45) is 34.8. The summed E-state index contributed by atoms with van der Waals surface area (Å²) in [5.41, 5.74) is 25.2. The fourth-order valence-corrected chi connectivity index (χ4v) is 11.4. The molecule has 0 fully saturated rings. The highest BCUT2D eigenvalue weighted by Gasteiger charge is 2.36. The van der Waals surface area contributed by atoms with Crippen LogP contribution in [-0.4, -0.2) is 21.4 Å². The Morgan fingerprint density at radius 1 is 0.881 bits per heavy atom. The van der Waals surface area contributed by atoms with Gasteiger partial charge in [-0.2, -0.15) is 0 Å². The Kier molecular flexibility index (Phi) is 10.1. The normalized spacial score (nSPS) is 21.2. The summed E-state index contributed by atoms with van der Waals surface area (Å²) in [6.45, 7) is 4.40. The molecule has 0 radical (unpaired) electrons. The van der Waals surface area contributed by atoms with E-state index in [-0.39, 0.29) is 6.17 Å². The number of hydrogen-bond donors (Lipinski definition) is 2. The average molecular weight is 790 g/mol. The van der Waals surface area contributed by atoms with Crippen molar-refractivity contribution >= 4 is 40.1 Å². The number of fused-ring (bicyclic) bond motifs is 5. The molecule has 5 aliphatic rings. The molecule has 5 nitrogen and oxygen atoms in total. The second-order valence-electron chi connectivity index (χ2n) is 16.5. The van der Waals surface area contributed by atoms with E-state index in [4.69, 9.17) is 10.7 Å². The SMILES string of the molecule is C/C=C(\C=C/N)c1ccc(C2=NC(C3=CCCC(n4c5c(c6c4CCc4c-6sc(-c6ccccc6)c4C4C=CCCC4)C=CC(C)C5)=C3)NC(c3ccncc3)=C2)cc1. The number of benzene rings is 2. The van der Waals surface area contributed by atoms with Crippen molar-refractivity contribution in [1.82, 2.24) is 14.9 Å². The predicted octanol–water partition coefficient (Wildman–Crippen LogP) is 12.3. The molecular formula is C53H51N5S. The van der Waals surface area contributed by atoms with Crippen molar-refractivity contribution < 1.29 is 0 Å². The maximum absolute atomic E-state index is 5.75. The van der Waals surface area contributed by atoms with E-state index in [2.05, 4.69) is 137 Å². The molecule has 10 rings (SSSR count). The summed E-state index contributed by atoms with van der Waals surface area (Å²) in [5.74, 6) is 0.975. The van der Waals surface area contributed by atoms with Gasteiger partial charge >= 0.3 is 0 Å². The van der Waals surface area contributed by atoms with Crippen LogP contribution in [0, 0.1) is 5.92 Å². The third kappa shape index (κ3) is 6.93. The van der Waals surface area contributed by atoms with Crippen molar-refractivity contribution in [3.05, 3.63) is 184 Å². The Morgan fingerprint density at radius 2 is 1.73 bits per heavy atom. The quantitative estimate of drug-likeness (QED) is 0.122. The zero-order valence-electron chi connectivity index (χ0n) is 34.0. The molecule has 3 aromatic heterocycles. The van der Waals surface area contributed by atoms with Gasteiger partial charge in [0, 0.05) is 67.5 Å². The molecule has 59 heavy (non-hydrogen) atoms. The number of allylic oxidation sites excluding steroid dienone is 9. The van der Waals surface area contributed by atoms with Gasteiger partial charge in [-0.05, 0) is 140 Å². The predicted molar refractivity (Wildman–Crippen MR) is 249 cm³/mol. The summed E-state index contributed by atoms with van der Waals surface area (Å²) < 4.78 is 2.71. The van der Waals surface area contributed by atoms with Gasteiger partial charge in [0.1, 0.15) is 6.17 Å². The van der Waals surface area contributed by atoms with E-state index in [9.17, 15) is 0 Å². The second-order valence-corrected chi connectivity index (χ2v) is 17.5. The summed E-state index contributed by atoms with van der Waals surface area (Å²) in [5, 5.41) is 3.84. The Morgan fingerprint density at radius 3 is 2.51 bits per heavy atom. The molecule has 4 aliphatic carbocycles. The van der Waals surface area contributed by atoms with Gasteiger partial charge in [-0.25, -0.2) is 0 Å². The van der Waals surface area contributed by atoms with Crippen LogP contribution in [0.1, 0.15) is 96.6 Å². The average Bonchev–Trinajstić information content (AvgIpc) is 3.85. The first kappa shape index (κ1) is 37.3. The fraction of sp³-hybridized carbons (Fsp3) is 0.245. The van der Waals surface area contributed by atoms with Crippen molar-refractivity contribution in [2.75, 3.05) is 0 Å². The number of nitrogens with zero attached hydrogens (tertiary/aromatic N) is 3. The van der Waals surface area contributed by atoms with Gasteiger partial charge in [-0.15, -0.1) is 11.3 Å². The number of aliphatic imine (C=N–C) groups is 1. The molecule has 294 valence electrons. The van der Waals surface area contributed by atoms with Gasteiger partial charge in [-0.1, -0.05) is 98.0 Å². The van der Waals surface area contributed by atoms with E-state index >= 15 is 0 Å². The number of thiophene rings is 1. The molecule has 3 atom stereocenters. The first-order valence-electron chi connectivity index (χ1n) is 21.4. The van der Waals surface area contributed by atoms with Crippen molar-refractivity contribution in [2.45, 2.75) is 77.3 Å². The molecule has 5 aromatic rings. The standard InChI is InChI=1S/C53H51N5S/c1-3-35(25-28-54)36-18-20-37(21-19-36)45-33-46(38-26-29-55-30-27-38)57-53(56-45)41-15-10-16-42(32-41)58-47-24-23-44-49(39-11-6-4-7-12-39)51(40-13-8-5-9-14-40)59-52(44)50(47)43-22-17-34(2)31-48(43)58/h3,5-6,8-9,11,13-15,17-22,25-30,32-34,39,53,57H,4,7,10,12,16,23-24,31,54H2,1-2H3/b28-25-,35-3+. The second kappa shape index (κ2) is 16.0. The molecule has 4 heterocycles. The van der Waals surface area contributed by atoms with Gasteiger partial charge in [0.05, 0.1) is 5.71 Å². The molecule has 0 spiro atoms. The zero-order chi connectivity index (χ0) is 39.9. The van der Waals surface area contributed by atoms with E-state index < -0.39 is 0 Å². The van der Waals surface area contributed by atoms with Gasteiger partial charge < -0.3 is 15.6 Å². The number of nitrogens with one attached hydrogen (secondary N) is 1. The third-order valence-corrected chi connectivity index (χ3v) is 14.0. The molecule has 0 saturated heterocycles. The topological polar surface area (TPSA) is 68.2 Å². The fourth-order valence-electron chi connectivity index (χ4n) is 9.89. The number of aromatic nitrogens is 2. The van der Waals surface area contributed by atoms with Crippen LogP contribution >= 0.6 is 11.3 Å². The minimum Gasteiger partial charge on any atom is -0.405 e. The monoisotopic (exact) mass is 789 g/mol. The molecule has 0 amide bonds. The Labute approximate surface area is 352 Å². The number of rotatable bonds is 8. The van der Waals surface area contributed by atoms with Crippen LogP contribution in [0.5, 0.6) is 0 Å². The van der Waals surface area contributed by atoms with Gasteiger partial charge in [0.2, 0.25) is 0 Å². The lowest BCUT2D eigenvalue weighted by Gasteiger charge is -2.29. The molecule has 6 heteroatoms. The van der Waals surface area contributed by atoms with Crippen LogP contribution in [0.3, 0.4) is 0 Å². The molecular weight excluding hydrogens is 739 g/mol. The first-order valence-corrected chi connectivity index (χ1v) is 22.2. The van der Waals surface area contributed by atoms with E-state index in [1.807, 2.05) is 36.7 Å². The highest BCUT2D eigenvalue weighted by atomic mass is 32.1. The van der Waals surface area contributed by atoms with Crippen LogP contribution in [0.2, 0.25) is 0 Å². The smallest absolute Gasteiger partial charge is 0.145 e. The summed E-state index contributed by atoms with van der Waals surface area (Å²) in [6, 6.07) is 24.0. The minimum atomic E-state index is -0.233. The largest absolute Gasteiger partial charge is 0.405 e. The highest BCUT2D eigenvalue weighted by molar-refractivity contribution is 7.19. The van der Waals surface area contributed by atoms with Crippen molar-refractivity contribution in [2.24, 2.45) is 16.6 Å². The Hall–Kier alpha value is -5.98. The molecule has 1 aliphatic heterocycles. The van der Waals surface area contributed by atoms with Crippen molar-refractivity contribution in [3.63, 3.8) is 0 Å². The van der Waals surface area contributed by atoms with Gasteiger partial charge in [0.15, 0.2) is 0 Å². The third-order valence-electron chi connectivity index (χ3n) is 12.7. The Balaban J connectivity index is 1.07. The van der Waals surface area contributed by atoms with Crippen LogP contribution in [0.15, 0.2) is 144 Å². The van der Waals surface area contributed by atoms with Crippen molar-refractivity contribution in [1.29, 1.82) is 0 Å². The number of pyridine rings is 1. The lowest BCUT2D eigenvalue weighted by atomic mass is 9.81. The highest BCUT2D eigenvalue weighted by Crippen LogP contribution is 2.54. The summed E-state index contributed by atoms with van der Waals surface area (Å²) in [7, 11) is 0. The minimum absolute atomic E-state index is 0.233. The van der Waals surface area contributed by atoms with E-state index in [1.165, 1.54) is 68.4 Å². The lowest BCUT2D eigenvalue weighted by molar-refractivity contribution is 0.649. The van der Waals surface area contributed by atoms with Crippen molar-refractivity contribution in [3.8, 4) is 20.9 Å². The maximum atomic E-state index is 5.75. The van der Waals surface area contributed by atoms with E-state index in [0.717, 1.165) is 65.8 Å². The number of nitrogens with two attached hydrogens (primary N) is 1. The first-order chi connectivity index (χ1) is 29.1. The van der Waals surface area contributed by atoms with Crippen LogP contribution in [0.4, 0.5) is 0 Å². The summed E-state index contributed by atoms with van der Waals surface area (Å²) >= 11 is 2.05. The molecule has 0 bridgehead atoms. The van der Waals surface area contributed by atoms with Crippen LogP contribution in [-0.2, 0) is 19.3 Å². The molecule has 2 aromatic carbocycles. The van der Waals surface area contributed by atoms with E-state index in [0.29, 0.717) is 11.8 Å². The van der Waals surface area contributed by atoms with Crippen LogP contribution in [0.25, 0.3) is 43.9 Å². The summed E-state index contributed by atoms with van der Waals surface area (Å²) in [4.78, 5) is 12.7. The van der Waals surface area contributed by atoms with E-state index in [1.54, 1.807) is 17.3 Å². The Bertz CT molecular complexity index is 2660.